The molecule has 55 heavy (non-hydrogen) atoms. The van der Waals surface area contributed by atoms with Crippen LogP contribution in [0.4, 0.5) is 0 Å². The van der Waals surface area contributed by atoms with Crippen LogP contribution in [0.5, 0.6) is 5.88 Å². The summed E-state index contributed by atoms with van der Waals surface area (Å²) in [5.74, 6) is -10.2. The van der Waals surface area contributed by atoms with Crippen LogP contribution in [0, 0.1) is 0 Å². The summed E-state index contributed by atoms with van der Waals surface area (Å²) in [7, 11) is 0. The Labute approximate surface area is 312 Å². The Bertz CT molecular complexity index is 1690. The second kappa shape index (κ2) is 18.5. The maximum absolute atomic E-state index is 14.2. The van der Waals surface area contributed by atoms with E-state index < -0.39 is 140 Å². The molecule has 2 N–H and O–H groups in total. The van der Waals surface area contributed by atoms with Crippen molar-refractivity contribution in [2.45, 2.75) is 117 Å². The van der Waals surface area contributed by atoms with Crippen LogP contribution in [-0.2, 0) is 85.7 Å². The Morgan fingerprint density at radius 2 is 0.945 bits per heavy atom. The Hall–Kier alpha value is -5.84. The molecule has 0 aliphatic carbocycles. The van der Waals surface area contributed by atoms with Gasteiger partial charge in [-0.05, 0) is 0 Å². The zero-order valence-electron chi connectivity index (χ0n) is 30.9. The number of primary amides is 1. The number of nitrogens with zero attached hydrogens (tertiary/aromatic N) is 2. The number of esters is 8. The molecule has 0 unspecified atom stereocenters. The normalized spacial score (nSPS) is 27.3. The number of carbonyl (C=O) groups excluding carboxylic acids is 9. The van der Waals surface area contributed by atoms with Crippen LogP contribution in [0.3, 0.4) is 0 Å². The molecule has 1 aromatic heterocycles. The number of imidazole rings is 1. The lowest BCUT2D eigenvalue weighted by atomic mass is 9.97. The van der Waals surface area contributed by atoms with E-state index in [0.717, 1.165) is 66.3 Å². The van der Waals surface area contributed by atoms with Gasteiger partial charge in [-0.1, -0.05) is 0 Å². The van der Waals surface area contributed by atoms with Crippen molar-refractivity contribution in [3.63, 3.8) is 0 Å². The number of amides is 1. The molecule has 23 heteroatoms. The number of hydrogen-bond acceptors (Lipinski definition) is 20. The molecule has 2 fully saturated rings. The molecule has 304 valence electrons. The van der Waals surface area contributed by atoms with E-state index in [1.807, 2.05) is 0 Å². The average Bonchev–Trinajstić information content (AvgIpc) is 3.38. The number of hydrogen-bond donors (Lipinski definition) is 1. The molecule has 23 nitrogen and oxygen atoms in total. The van der Waals surface area contributed by atoms with Gasteiger partial charge in [0.2, 0.25) is 36.7 Å². The summed E-state index contributed by atoms with van der Waals surface area (Å²) in [5, 5.41) is 14.2. The largest absolute Gasteiger partial charge is 0.839 e. The Kier molecular flexibility index (Phi) is 14.6. The van der Waals surface area contributed by atoms with Gasteiger partial charge in [-0.15, -0.1) is 0 Å². The minimum Gasteiger partial charge on any atom is -0.839 e. The van der Waals surface area contributed by atoms with Crippen LogP contribution >= 0.6 is 0 Å². The number of aromatic nitrogens is 2. The summed E-state index contributed by atoms with van der Waals surface area (Å²) >= 11 is 0. The van der Waals surface area contributed by atoms with Crippen LogP contribution < -0.4 is 15.4 Å². The fraction of sp³-hybridized carbons (Fsp3) is 0.625. The van der Waals surface area contributed by atoms with Gasteiger partial charge < -0.3 is 58.2 Å². The fourth-order valence-corrected chi connectivity index (χ4v) is 5.94. The molecule has 0 radical (unpaired) electrons. The van der Waals surface area contributed by atoms with Crippen molar-refractivity contribution >= 4 is 53.7 Å². The molecule has 1 aromatic rings. The third-order valence-corrected chi connectivity index (χ3v) is 7.66. The van der Waals surface area contributed by atoms with Gasteiger partial charge in [0.1, 0.15) is 31.3 Å². The molecule has 0 aromatic carbocycles. The van der Waals surface area contributed by atoms with Crippen molar-refractivity contribution in [2.75, 3.05) is 13.2 Å². The van der Waals surface area contributed by atoms with Crippen molar-refractivity contribution in [1.29, 1.82) is 0 Å². The highest BCUT2D eigenvalue weighted by molar-refractivity contribution is 5.92. The molecule has 2 aliphatic rings. The van der Waals surface area contributed by atoms with Crippen molar-refractivity contribution in [2.24, 2.45) is 5.73 Å². The molecule has 0 bridgehead atoms. The van der Waals surface area contributed by atoms with E-state index in [1.54, 1.807) is 0 Å². The molecule has 2 aliphatic heterocycles. The topological polar surface area (TPSA) is 304 Å². The minimum atomic E-state index is -1.90. The summed E-state index contributed by atoms with van der Waals surface area (Å²) in [4.78, 5) is 111. The zero-order chi connectivity index (χ0) is 41.5. The highest BCUT2D eigenvalue weighted by Crippen LogP contribution is 2.38. The van der Waals surface area contributed by atoms with Crippen LogP contribution in [0.15, 0.2) is 6.33 Å². The monoisotopic (exact) mass is 787 g/mol. The first-order valence-electron chi connectivity index (χ1n) is 16.4. The first kappa shape index (κ1) is 43.6. The van der Waals surface area contributed by atoms with Gasteiger partial charge in [0.05, 0.1) is 0 Å². The van der Waals surface area contributed by atoms with E-state index >= 15 is 0 Å². The third kappa shape index (κ3) is 11.1. The molecule has 0 saturated carbocycles. The first-order chi connectivity index (χ1) is 25.6. The highest BCUT2D eigenvalue weighted by atomic mass is 16.7. The molecule has 1 amide bonds. The maximum atomic E-state index is 14.2. The Balaban J connectivity index is 2.36. The predicted molar refractivity (Wildman–Crippen MR) is 167 cm³/mol. The van der Waals surface area contributed by atoms with Crippen LogP contribution in [0.2, 0.25) is 0 Å². The van der Waals surface area contributed by atoms with Gasteiger partial charge in [0.15, 0.2) is 24.4 Å². The fourth-order valence-electron chi connectivity index (χ4n) is 5.94. The molecular formula is C32H41N3O20. The van der Waals surface area contributed by atoms with Gasteiger partial charge in [0.25, 0.3) is 5.91 Å². The van der Waals surface area contributed by atoms with E-state index in [1.165, 1.54) is 0 Å². The minimum absolute atomic E-state index is 0.642. The van der Waals surface area contributed by atoms with Crippen LogP contribution in [0.25, 0.3) is 0 Å². The second-order valence-corrected chi connectivity index (χ2v) is 12.1. The van der Waals surface area contributed by atoms with Crippen molar-refractivity contribution in [1.82, 2.24) is 4.57 Å². The van der Waals surface area contributed by atoms with E-state index in [4.69, 9.17) is 53.1 Å². The first-order valence-corrected chi connectivity index (χ1v) is 16.4. The Morgan fingerprint density at radius 1 is 0.582 bits per heavy atom. The number of carbonyl (C=O) groups is 9. The molecule has 2 saturated heterocycles. The summed E-state index contributed by atoms with van der Waals surface area (Å²) in [6, 6.07) is 0. The van der Waals surface area contributed by atoms with Gasteiger partial charge in [-0.2, -0.15) is 4.57 Å². The Morgan fingerprint density at radius 3 is 1.35 bits per heavy atom. The molecule has 3 rings (SSSR count). The van der Waals surface area contributed by atoms with Crippen molar-refractivity contribution in [3.05, 3.63) is 12.0 Å². The third-order valence-electron chi connectivity index (χ3n) is 7.66. The zero-order valence-corrected chi connectivity index (χ0v) is 30.9. The van der Waals surface area contributed by atoms with E-state index in [-0.39, 0.29) is 0 Å². The van der Waals surface area contributed by atoms with Gasteiger partial charge in [-0.25, -0.2) is 4.57 Å². The van der Waals surface area contributed by atoms with Crippen molar-refractivity contribution < 1.29 is 100 Å². The van der Waals surface area contributed by atoms with Crippen LogP contribution in [0.1, 0.15) is 78.3 Å². The summed E-state index contributed by atoms with van der Waals surface area (Å²) in [5.41, 5.74) is 4.75. The second-order valence-electron chi connectivity index (χ2n) is 12.1. The lowest BCUT2D eigenvalue weighted by Gasteiger charge is -2.43. The molecule has 0 spiro atoms. The SMILES string of the molecule is CC(=O)OC[C@H]1O[C@@H](n2c[n+]([C@@H]3O[C@H](COC(C)=O)[C@H](OC(C)=O)[C@H](OC(C)=O)[C@H]3OC(C)=O)c([O-])c2C(N)=O)[C@H](OC(C)=O)[C@@H](OC(C)=O)[C@H]1OC(C)=O. The molecule has 10 atom stereocenters. The van der Waals surface area contributed by atoms with Crippen LogP contribution in [-0.4, -0.2) is 120 Å². The van der Waals surface area contributed by atoms with Crippen molar-refractivity contribution in [3.8, 4) is 5.88 Å². The number of rotatable bonds is 13. The maximum Gasteiger partial charge on any atom is 0.303 e. The number of ether oxygens (including phenoxy) is 10. The summed E-state index contributed by atoms with van der Waals surface area (Å²) in [6.07, 6.45) is -16.4. The molecule has 3 heterocycles. The van der Waals surface area contributed by atoms with E-state index in [9.17, 15) is 48.3 Å². The quantitative estimate of drug-likeness (QED) is 0.122. The smallest absolute Gasteiger partial charge is 0.303 e. The van der Waals surface area contributed by atoms with E-state index in [0.29, 0.717) is 4.57 Å². The highest BCUT2D eigenvalue weighted by Gasteiger charge is 2.58. The number of nitrogens with two attached hydrogens (primary N) is 1. The van der Waals surface area contributed by atoms with E-state index in [2.05, 4.69) is 0 Å². The lowest BCUT2D eigenvalue weighted by Crippen LogP contribution is -2.65. The summed E-state index contributed by atoms with van der Waals surface area (Å²) < 4.78 is 56.2. The lowest BCUT2D eigenvalue weighted by molar-refractivity contribution is -0.803. The predicted octanol–water partition coefficient (Wildman–Crippen LogP) is -2.54. The van der Waals surface area contributed by atoms with Gasteiger partial charge in [0, 0.05) is 55.4 Å². The standard InChI is InChI=1S/C32H41N3O20/c1-12(36)46-9-20-23(48-14(3)38)25(50-16(5)40)27(52-18(7)42)31(54-20)34-11-35(30(45)22(34)29(33)44)32-28(53-19(8)43)26(51-17(6)41)24(49-15(4)39)21(55-32)10-47-13(2)37/h11,20-21,23-28,31-32H,9-10H2,1-8H3,(H2-,33,44,45)/t20-,21-,23+,24+,25+,26+,27-,28-,31-,32-/m1/s1. The average molecular weight is 788 g/mol. The molecular weight excluding hydrogens is 746 g/mol. The van der Waals surface area contributed by atoms with Gasteiger partial charge in [-0.3, -0.25) is 43.2 Å². The van der Waals surface area contributed by atoms with Gasteiger partial charge >= 0.3 is 47.8 Å². The summed E-state index contributed by atoms with van der Waals surface area (Å²) in [6.45, 7) is 6.59.